The lowest BCUT2D eigenvalue weighted by molar-refractivity contribution is -0.125. The minimum atomic E-state index is -1.83. The van der Waals surface area contributed by atoms with E-state index in [2.05, 4.69) is 20.9 Å². The van der Waals surface area contributed by atoms with Gasteiger partial charge in [-0.05, 0) is 60.6 Å². The zero-order valence-electron chi connectivity index (χ0n) is 25.2. The van der Waals surface area contributed by atoms with Crippen molar-refractivity contribution in [3.8, 4) is 6.07 Å². The van der Waals surface area contributed by atoms with E-state index in [9.17, 15) is 38.6 Å². The molecule has 0 saturated carbocycles. The smallest absolute Gasteiger partial charge is 0.253 e. The van der Waals surface area contributed by atoms with Crippen molar-refractivity contribution in [2.45, 2.75) is 62.9 Å². The summed E-state index contributed by atoms with van der Waals surface area (Å²) >= 11 is 1.43. The zero-order valence-corrected chi connectivity index (χ0v) is 26.1. The van der Waals surface area contributed by atoms with Crippen molar-refractivity contribution in [2.24, 2.45) is 0 Å². The molecule has 0 saturated heterocycles. The van der Waals surface area contributed by atoms with Crippen LogP contribution in [0.1, 0.15) is 52.5 Å². The fourth-order valence-corrected chi connectivity index (χ4v) is 5.70. The van der Waals surface area contributed by atoms with Crippen molar-refractivity contribution in [3.05, 3.63) is 101 Å². The van der Waals surface area contributed by atoms with Gasteiger partial charge in [-0.25, -0.2) is 8.78 Å². The van der Waals surface area contributed by atoms with Gasteiger partial charge in [0, 0.05) is 29.8 Å². The van der Waals surface area contributed by atoms with Crippen LogP contribution in [-0.4, -0.2) is 74.8 Å². The SMILES string of the molecule is CCCCSC[C@@H](NC(=O)c1cccnc1)C(=O)N[C@@H](Cc1cc(F)cc(F)c1)[C@@H](O)[C@H](O)[C@@H](CC#N)NC(=O)c1ccccc1. The average Bonchev–Trinajstić information content (AvgIpc) is 3.05. The molecule has 0 aliphatic rings. The topological polar surface area (TPSA) is 164 Å². The average molecular weight is 654 g/mol. The number of thioether (sulfide) groups is 1. The molecule has 0 radical (unpaired) electrons. The predicted octanol–water partition coefficient (Wildman–Crippen LogP) is 3.15. The number of hydrogen-bond donors (Lipinski definition) is 5. The van der Waals surface area contributed by atoms with Gasteiger partial charge in [0.1, 0.15) is 29.9 Å². The van der Waals surface area contributed by atoms with Crippen LogP contribution in [0.5, 0.6) is 0 Å². The summed E-state index contributed by atoms with van der Waals surface area (Å²) in [6, 6.07) is 12.0. The first-order valence-corrected chi connectivity index (χ1v) is 15.9. The Balaban J connectivity index is 1.88. The normalized spacial score (nSPS) is 14.2. The summed E-state index contributed by atoms with van der Waals surface area (Å²) in [5.41, 5.74) is 0.530. The fourth-order valence-electron chi connectivity index (χ4n) is 4.57. The first-order valence-electron chi connectivity index (χ1n) is 14.8. The molecule has 1 aromatic heterocycles. The molecule has 10 nitrogen and oxygen atoms in total. The quantitative estimate of drug-likeness (QED) is 0.139. The molecule has 46 heavy (non-hydrogen) atoms. The molecule has 2 aromatic carbocycles. The molecular formula is C33H37F2N5O5S. The van der Waals surface area contributed by atoms with E-state index in [-0.39, 0.29) is 28.9 Å². The molecule has 3 amide bonds. The maximum absolute atomic E-state index is 14.1. The van der Waals surface area contributed by atoms with Gasteiger partial charge in [-0.2, -0.15) is 17.0 Å². The molecule has 5 N–H and O–H groups in total. The van der Waals surface area contributed by atoms with Crippen molar-refractivity contribution in [1.29, 1.82) is 5.26 Å². The standard InChI is InChI=1S/C33H37F2N5O5S/c1-2-3-14-46-20-28(40-32(44)23-10-7-13-37-19-23)33(45)39-27(17-21-15-24(34)18-25(35)16-21)30(42)29(41)26(11-12-36)38-31(43)22-8-5-4-6-9-22/h4-10,13,15-16,18-19,26-30,41-42H,2-3,11,14,17,20H2,1H3,(H,38,43)(H,39,45)(H,40,44)/t26-,27+,28-,29-,30-/m1/s1. The van der Waals surface area contributed by atoms with Crippen LogP contribution in [0, 0.1) is 23.0 Å². The van der Waals surface area contributed by atoms with E-state index in [0.717, 1.165) is 25.0 Å². The Morgan fingerprint density at radius 3 is 2.20 bits per heavy atom. The van der Waals surface area contributed by atoms with Gasteiger partial charge in [-0.15, -0.1) is 0 Å². The molecule has 13 heteroatoms. The summed E-state index contributed by atoms with van der Waals surface area (Å²) in [6.45, 7) is 2.02. The fraction of sp³-hybridized carbons (Fsp3) is 0.364. The Hall–Kier alpha value is -4.38. The first kappa shape index (κ1) is 36.1. The Morgan fingerprint density at radius 2 is 1.57 bits per heavy atom. The molecule has 5 atom stereocenters. The van der Waals surface area contributed by atoms with Gasteiger partial charge in [0.25, 0.3) is 11.8 Å². The summed E-state index contributed by atoms with van der Waals surface area (Å²) in [5.74, 6) is -2.79. The molecule has 0 spiro atoms. The Morgan fingerprint density at radius 1 is 0.913 bits per heavy atom. The summed E-state index contributed by atoms with van der Waals surface area (Å²) in [4.78, 5) is 43.4. The van der Waals surface area contributed by atoms with Crippen molar-refractivity contribution in [1.82, 2.24) is 20.9 Å². The minimum Gasteiger partial charge on any atom is -0.388 e. The van der Waals surface area contributed by atoms with E-state index >= 15 is 0 Å². The van der Waals surface area contributed by atoms with Gasteiger partial charge in [-0.3, -0.25) is 19.4 Å². The lowest BCUT2D eigenvalue weighted by Gasteiger charge is -2.33. The monoisotopic (exact) mass is 653 g/mol. The van der Waals surface area contributed by atoms with E-state index < -0.39 is 66.1 Å². The molecule has 3 aromatic rings. The van der Waals surface area contributed by atoms with Crippen LogP contribution in [0.15, 0.2) is 73.1 Å². The van der Waals surface area contributed by atoms with Gasteiger partial charge < -0.3 is 26.2 Å². The highest BCUT2D eigenvalue weighted by Gasteiger charge is 2.36. The number of hydrogen-bond acceptors (Lipinski definition) is 8. The predicted molar refractivity (Wildman–Crippen MR) is 170 cm³/mol. The maximum atomic E-state index is 14.1. The van der Waals surface area contributed by atoms with Crippen LogP contribution in [0.25, 0.3) is 0 Å². The number of nitrogens with one attached hydrogen (secondary N) is 3. The third kappa shape index (κ3) is 11.2. The van der Waals surface area contributed by atoms with E-state index in [0.29, 0.717) is 11.8 Å². The van der Waals surface area contributed by atoms with Crippen molar-refractivity contribution < 1.29 is 33.4 Å². The van der Waals surface area contributed by atoms with Crippen LogP contribution in [0.4, 0.5) is 8.78 Å². The van der Waals surface area contributed by atoms with Crippen molar-refractivity contribution >= 4 is 29.5 Å². The molecule has 0 fully saturated rings. The summed E-state index contributed by atoms with van der Waals surface area (Å²) < 4.78 is 28.2. The van der Waals surface area contributed by atoms with E-state index in [1.807, 2.05) is 13.0 Å². The number of unbranched alkanes of at least 4 members (excludes halogenated alkanes) is 1. The molecular weight excluding hydrogens is 616 g/mol. The highest BCUT2D eigenvalue weighted by atomic mass is 32.2. The largest absolute Gasteiger partial charge is 0.388 e. The maximum Gasteiger partial charge on any atom is 0.253 e. The number of rotatable bonds is 17. The molecule has 0 aliphatic heterocycles. The number of carbonyl (C=O) groups excluding carboxylic acids is 3. The molecule has 3 rings (SSSR count). The van der Waals surface area contributed by atoms with Crippen LogP contribution in [0.2, 0.25) is 0 Å². The number of amides is 3. The van der Waals surface area contributed by atoms with Gasteiger partial charge in [-0.1, -0.05) is 31.5 Å². The van der Waals surface area contributed by atoms with Crippen molar-refractivity contribution in [2.75, 3.05) is 11.5 Å². The van der Waals surface area contributed by atoms with Gasteiger partial charge >= 0.3 is 0 Å². The minimum absolute atomic E-state index is 0.0625. The number of aromatic nitrogens is 1. The van der Waals surface area contributed by atoms with Crippen LogP contribution < -0.4 is 16.0 Å². The number of carbonyl (C=O) groups is 3. The second-order valence-corrected chi connectivity index (χ2v) is 11.7. The third-order valence-corrected chi connectivity index (χ3v) is 8.16. The van der Waals surface area contributed by atoms with Crippen molar-refractivity contribution in [3.63, 3.8) is 0 Å². The first-order chi connectivity index (χ1) is 22.1. The summed E-state index contributed by atoms with van der Waals surface area (Å²) in [5, 5.41) is 39.9. The summed E-state index contributed by atoms with van der Waals surface area (Å²) in [7, 11) is 0. The molecule has 244 valence electrons. The summed E-state index contributed by atoms with van der Waals surface area (Å²) in [6.07, 6.45) is 0.285. The lowest BCUT2D eigenvalue weighted by Crippen LogP contribution is -2.59. The van der Waals surface area contributed by atoms with Gasteiger partial charge in [0.05, 0.1) is 30.1 Å². The van der Waals surface area contributed by atoms with Crippen LogP contribution in [-0.2, 0) is 11.2 Å². The van der Waals surface area contributed by atoms with Gasteiger partial charge in [0.15, 0.2) is 0 Å². The number of halogens is 2. The van der Waals surface area contributed by atoms with E-state index in [4.69, 9.17) is 0 Å². The lowest BCUT2D eigenvalue weighted by atomic mass is 9.92. The number of pyridine rings is 1. The van der Waals surface area contributed by atoms with Gasteiger partial charge in [0.2, 0.25) is 5.91 Å². The zero-order chi connectivity index (χ0) is 33.5. The van der Waals surface area contributed by atoms with Crippen LogP contribution >= 0.6 is 11.8 Å². The molecule has 0 bridgehead atoms. The highest BCUT2D eigenvalue weighted by molar-refractivity contribution is 7.99. The second-order valence-electron chi connectivity index (χ2n) is 10.6. The molecule has 1 heterocycles. The number of aliphatic hydroxyl groups is 2. The Kier molecular flexibility index (Phi) is 14.6. The molecule has 0 unspecified atom stereocenters. The number of nitrogens with zero attached hydrogens (tertiary/aromatic N) is 2. The van der Waals surface area contributed by atoms with Crippen LogP contribution in [0.3, 0.4) is 0 Å². The second kappa shape index (κ2) is 18.6. The van der Waals surface area contributed by atoms with E-state index in [1.165, 1.54) is 42.4 Å². The third-order valence-electron chi connectivity index (χ3n) is 7.02. The number of benzene rings is 2. The molecule has 0 aliphatic carbocycles. The number of aliphatic hydroxyl groups excluding tert-OH is 2. The van der Waals surface area contributed by atoms with E-state index in [1.54, 1.807) is 24.3 Å². The Bertz CT molecular complexity index is 1460. The Labute approximate surface area is 270 Å². The number of nitriles is 1. The highest BCUT2D eigenvalue weighted by Crippen LogP contribution is 2.17.